The maximum Gasteiger partial charge on any atom is 0.243 e. The topological polar surface area (TPSA) is 58.6 Å². The van der Waals surface area contributed by atoms with Crippen LogP contribution in [0.1, 0.15) is 50.3 Å². The van der Waals surface area contributed by atoms with Crippen LogP contribution < -0.4 is 10.1 Å². The Morgan fingerprint density at radius 3 is 2.39 bits per heavy atom. The van der Waals surface area contributed by atoms with E-state index in [0.29, 0.717) is 19.4 Å². The van der Waals surface area contributed by atoms with Gasteiger partial charge in [0.05, 0.1) is 7.11 Å². The first-order valence-corrected chi connectivity index (χ1v) is 11.2. The van der Waals surface area contributed by atoms with Gasteiger partial charge in [0.15, 0.2) is 0 Å². The van der Waals surface area contributed by atoms with E-state index < -0.39 is 6.04 Å². The van der Waals surface area contributed by atoms with Crippen LogP contribution in [-0.4, -0.2) is 35.9 Å². The number of hydrogen-bond donors (Lipinski definition) is 1. The zero-order valence-electron chi connectivity index (χ0n) is 19.1. The van der Waals surface area contributed by atoms with Crippen molar-refractivity contribution in [3.05, 3.63) is 65.2 Å². The third-order valence-electron chi connectivity index (χ3n) is 5.87. The molecule has 1 N–H and O–H groups in total. The Hall–Kier alpha value is -2.82. The van der Waals surface area contributed by atoms with Crippen LogP contribution in [0.4, 0.5) is 0 Å². The first kappa shape index (κ1) is 22.9. The van der Waals surface area contributed by atoms with Crippen LogP contribution in [-0.2, 0) is 29.0 Å². The summed E-state index contributed by atoms with van der Waals surface area (Å²) < 4.78 is 5.20. The molecule has 0 bridgehead atoms. The van der Waals surface area contributed by atoms with Gasteiger partial charge in [0.2, 0.25) is 11.8 Å². The van der Waals surface area contributed by atoms with E-state index in [9.17, 15) is 9.59 Å². The van der Waals surface area contributed by atoms with Gasteiger partial charge in [-0.2, -0.15) is 0 Å². The van der Waals surface area contributed by atoms with Crippen LogP contribution in [0.2, 0.25) is 0 Å². The lowest BCUT2D eigenvalue weighted by Crippen LogP contribution is -2.54. The Morgan fingerprint density at radius 1 is 1.06 bits per heavy atom. The molecule has 0 fully saturated rings. The highest BCUT2D eigenvalue weighted by Gasteiger charge is 2.34. The molecular weight excluding hydrogens is 388 g/mol. The molecule has 3 rings (SSSR count). The van der Waals surface area contributed by atoms with Gasteiger partial charge in [-0.15, -0.1) is 0 Å². The summed E-state index contributed by atoms with van der Waals surface area (Å²) in [4.78, 5) is 27.9. The minimum absolute atomic E-state index is 0.0221. The zero-order valence-corrected chi connectivity index (χ0v) is 19.1. The Kier molecular flexibility index (Phi) is 7.72. The molecule has 2 amide bonds. The van der Waals surface area contributed by atoms with Gasteiger partial charge in [-0.3, -0.25) is 9.59 Å². The maximum absolute atomic E-state index is 13.2. The van der Waals surface area contributed by atoms with Gasteiger partial charge < -0.3 is 15.0 Å². The molecule has 2 aromatic carbocycles. The number of carbonyl (C=O) groups excluding carboxylic acids is 2. The number of methoxy groups -OCH3 is 1. The quantitative estimate of drug-likeness (QED) is 0.696. The van der Waals surface area contributed by atoms with E-state index in [-0.39, 0.29) is 23.8 Å². The SMILES string of the molecule is COc1ccc(CCC(C)NC(=O)C2Cc3ccccc3CN2C(=O)CC(C)C)cc1. The molecule has 0 aliphatic carbocycles. The third kappa shape index (κ3) is 6.09. The summed E-state index contributed by atoms with van der Waals surface area (Å²) in [6.07, 6.45) is 2.73. The van der Waals surface area contributed by atoms with Crippen LogP contribution in [0, 0.1) is 5.92 Å². The highest BCUT2D eigenvalue weighted by molar-refractivity contribution is 5.88. The number of benzene rings is 2. The summed E-state index contributed by atoms with van der Waals surface area (Å²) in [6, 6.07) is 15.7. The average Bonchev–Trinajstić information content (AvgIpc) is 2.76. The number of carbonyl (C=O) groups is 2. The number of nitrogens with zero attached hydrogens (tertiary/aromatic N) is 1. The second kappa shape index (κ2) is 10.5. The molecule has 5 nitrogen and oxygen atoms in total. The summed E-state index contributed by atoms with van der Waals surface area (Å²) in [5.41, 5.74) is 3.50. The predicted molar refractivity (Wildman–Crippen MR) is 123 cm³/mol. The maximum atomic E-state index is 13.2. The molecule has 1 heterocycles. The zero-order chi connectivity index (χ0) is 22.4. The van der Waals surface area contributed by atoms with Gasteiger partial charge >= 0.3 is 0 Å². The molecular formula is C26H34N2O3. The van der Waals surface area contributed by atoms with Crippen LogP contribution in [0.25, 0.3) is 0 Å². The summed E-state index contributed by atoms with van der Waals surface area (Å²) in [7, 11) is 1.66. The molecule has 2 atom stereocenters. The van der Waals surface area contributed by atoms with Crippen LogP contribution >= 0.6 is 0 Å². The van der Waals surface area contributed by atoms with Crippen molar-refractivity contribution in [1.82, 2.24) is 10.2 Å². The van der Waals surface area contributed by atoms with E-state index in [1.165, 1.54) is 5.56 Å². The average molecular weight is 423 g/mol. The fraction of sp³-hybridized carbons (Fsp3) is 0.462. The molecule has 2 unspecified atom stereocenters. The number of aryl methyl sites for hydroxylation is 1. The van der Waals surface area contributed by atoms with Crippen LogP contribution in [0.15, 0.2) is 48.5 Å². The lowest BCUT2D eigenvalue weighted by molar-refractivity contribution is -0.142. The van der Waals surface area contributed by atoms with Crippen molar-refractivity contribution in [3.8, 4) is 5.75 Å². The molecule has 0 saturated heterocycles. The van der Waals surface area contributed by atoms with Gasteiger partial charge in [-0.1, -0.05) is 50.2 Å². The first-order valence-electron chi connectivity index (χ1n) is 11.2. The summed E-state index contributed by atoms with van der Waals surface area (Å²) in [6.45, 7) is 6.59. The number of nitrogens with one attached hydrogen (secondary N) is 1. The molecule has 166 valence electrons. The van der Waals surface area contributed by atoms with E-state index in [0.717, 1.165) is 29.7 Å². The Balaban J connectivity index is 1.64. The number of hydrogen-bond acceptors (Lipinski definition) is 3. The fourth-order valence-electron chi connectivity index (χ4n) is 4.07. The molecule has 2 aromatic rings. The third-order valence-corrected chi connectivity index (χ3v) is 5.87. The largest absolute Gasteiger partial charge is 0.497 e. The van der Waals surface area contributed by atoms with Crippen molar-refractivity contribution < 1.29 is 14.3 Å². The molecule has 5 heteroatoms. The van der Waals surface area contributed by atoms with Crippen molar-refractivity contribution in [2.45, 2.75) is 65.1 Å². The summed E-state index contributed by atoms with van der Waals surface area (Å²) in [5.74, 6) is 1.09. The van der Waals surface area contributed by atoms with Gasteiger partial charge in [0, 0.05) is 25.4 Å². The molecule has 0 radical (unpaired) electrons. The fourth-order valence-corrected chi connectivity index (χ4v) is 4.07. The van der Waals surface area contributed by atoms with E-state index in [1.54, 1.807) is 12.0 Å². The lowest BCUT2D eigenvalue weighted by Gasteiger charge is -2.37. The van der Waals surface area contributed by atoms with E-state index >= 15 is 0 Å². The Labute approximate surface area is 185 Å². The second-order valence-electron chi connectivity index (χ2n) is 8.90. The standard InChI is InChI=1S/C26H34N2O3/c1-18(2)15-25(29)28-17-22-8-6-5-7-21(22)16-24(28)26(30)27-19(3)9-10-20-11-13-23(31-4)14-12-20/h5-8,11-14,18-19,24H,9-10,15-17H2,1-4H3,(H,27,30). The predicted octanol–water partition coefficient (Wildman–Crippen LogP) is 4.13. The summed E-state index contributed by atoms with van der Waals surface area (Å²) >= 11 is 0. The van der Waals surface area contributed by atoms with Crippen molar-refractivity contribution in [3.63, 3.8) is 0 Å². The van der Waals surface area contributed by atoms with E-state index in [4.69, 9.17) is 4.74 Å². The van der Waals surface area contributed by atoms with Gasteiger partial charge in [0.1, 0.15) is 11.8 Å². The summed E-state index contributed by atoms with van der Waals surface area (Å²) in [5, 5.41) is 3.15. The van der Waals surface area contributed by atoms with Crippen molar-refractivity contribution in [2.24, 2.45) is 5.92 Å². The van der Waals surface area contributed by atoms with Crippen molar-refractivity contribution in [1.29, 1.82) is 0 Å². The molecule has 0 saturated carbocycles. The van der Waals surface area contributed by atoms with Crippen LogP contribution in [0.3, 0.4) is 0 Å². The highest BCUT2D eigenvalue weighted by Crippen LogP contribution is 2.25. The highest BCUT2D eigenvalue weighted by atomic mass is 16.5. The number of rotatable bonds is 8. The molecule has 31 heavy (non-hydrogen) atoms. The Morgan fingerprint density at radius 2 is 1.74 bits per heavy atom. The minimum Gasteiger partial charge on any atom is -0.497 e. The normalized spacial score (nSPS) is 16.5. The number of amides is 2. The van der Waals surface area contributed by atoms with Gasteiger partial charge in [0.25, 0.3) is 0 Å². The lowest BCUT2D eigenvalue weighted by atomic mass is 9.92. The van der Waals surface area contributed by atoms with Crippen molar-refractivity contribution in [2.75, 3.05) is 7.11 Å². The monoisotopic (exact) mass is 422 g/mol. The van der Waals surface area contributed by atoms with E-state index in [2.05, 4.69) is 29.6 Å². The Bertz CT molecular complexity index is 892. The molecule has 1 aliphatic heterocycles. The van der Waals surface area contributed by atoms with Crippen molar-refractivity contribution >= 4 is 11.8 Å². The first-order chi connectivity index (χ1) is 14.9. The van der Waals surface area contributed by atoms with E-state index in [1.807, 2.05) is 45.0 Å². The number of ether oxygens (including phenoxy) is 1. The molecule has 0 spiro atoms. The smallest absolute Gasteiger partial charge is 0.243 e. The molecule has 0 aromatic heterocycles. The van der Waals surface area contributed by atoms with Gasteiger partial charge in [-0.05, 0) is 54.5 Å². The van der Waals surface area contributed by atoms with Gasteiger partial charge in [-0.25, -0.2) is 0 Å². The van der Waals surface area contributed by atoms with Crippen LogP contribution in [0.5, 0.6) is 5.75 Å². The minimum atomic E-state index is -0.454. The molecule has 1 aliphatic rings. The second-order valence-corrected chi connectivity index (χ2v) is 8.90. The number of fused-ring (bicyclic) bond motifs is 1.